The van der Waals surface area contributed by atoms with E-state index in [1.54, 1.807) is 0 Å². The third-order valence-corrected chi connectivity index (χ3v) is 7.94. The first kappa shape index (κ1) is 20.5. The SMILES string of the molecule is CCCc1ccc(N2c3ccccc3C3C=C(c4ccc5c(c4)-c4ccccc4C5)C=CC32)cc1. The van der Waals surface area contributed by atoms with E-state index >= 15 is 0 Å². The molecule has 170 valence electrons. The number of hydrogen-bond acceptors (Lipinski definition) is 1. The summed E-state index contributed by atoms with van der Waals surface area (Å²) in [7, 11) is 0. The molecule has 2 aliphatic carbocycles. The molecule has 7 rings (SSSR count). The second-order valence-electron chi connectivity index (χ2n) is 10.0. The second-order valence-corrected chi connectivity index (χ2v) is 10.0. The minimum Gasteiger partial charge on any atom is -0.333 e. The molecule has 0 saturated heterocycles. The highest BCUT2D eigenvalue weighted by Gasteiger charge is 2.38. The Hall–Kier alpha value is -3.84. The van der Waals surface area contributed by atoms with Gasteiger partial charge in [0.05, 0.1) is 6.04 Å². The topological polar surface area (TPSA) is 3.24 Å². The van der Waals surface area contributed by atoms with Gasteiger partial charge in [-0.1, -0.05) is 98.3 Å². The molecule has 1 heterocycles. The first-order valence-corrected chi connectivity index (χ1v) is 12.9. The van der Waals surface area contributed by atoms with Crippen LogP contribution in [-0.4, -0.2) is 6.04 Å². The van der Waals surface area contributed by atoms with Crippen LogP contribution in [0.1, 0.15) is 47.1 Å². The number of rotatable bonds is 4. The third-order valence-electron chi connectivity index (χ3n) is 7.94. The van der Waals surface area contributed by atoms with Gasteiger partial charge in [-0.3, -0.25) is 0 Å². The van der Waals surface area contributed by atoms with Gasteiger partial charge in [0.1, 0.15) is 0 Å². The Morgan fingerprint density at radius 2 is 1.60 bits per heavy atom. The molecule has 35 heavy (non-hydrogen) atoms. The van der Waals surface area contributed by atoms with E-state index in [1.807, 2.05) is 0 Å². The smallest absolute Gasteiger partial charge is 0.0630 e. The van der Waals surface area contributed by atoms with E-state index in [9.17, 15) is 0 Å². The summed E-state index contributed by atoms with van der Waals surface area (Å²) in [6.45, 7) is 2.24. The maximum Gasteiger partial charge on any atom is 0.0630 e. The van der Waals surface area contributed by atoms with Crippen LogP contribution in [0.2, 0.25) is 0 Å². The van der Waals surface area contributed by atoms with Crippen molar-refractivity contribution in [2.75, 3.05) is 4.90 Å². The molecule has 0 saturated carbocycles. The summed E-state index contributed by atoms with van der Waals surface area (Å²) in [6, 6.07) is 34.3. The zero-order valence-electron chi connectivity index (χ0n) is 20.1. The Morgan fingerprint density at radius 1 is 0.800 bits per heavy atom. The van der Waals surface area contributed by atoms with Gasteiger partial charge in [-0.25, -0.2) is 0 Å². The van der Waals surface area contributed by atoms with Crippen LogP contribution in [0.3, 0.4) is 0 Å². The molecule has 0 N–H and O–H groups in total. The molecule has 4 aromatic carbocycles. The van der Waals surface area contributed by atoms with E-state index in [1.165, 1.54) is 62.3 Å². The van der Waals surface area contributed by atoms with Gasteiger partial charge < -0.3 is 4.90 Å². The van der Waals surface area contributed by atoms with Gasteiger partial charge >= 0.3 is 0 Å². The van der Waals surface area contributed by atoms with Crippen molar-refractivity contribution in [2.45, 2.75) is 38.1 Å². The van der Waals surface area contributed by atoms with Crippen molar-refractivity contribution < 1.29 is 0 Å². The Bertz CT molecular complexity index is 1490. The average molecular weight is 452 g/mol. The molecule has 0 radical (unpaired) electrons. The normalized spacial score (nSPS) is 19.1. The van der Waals surface area contributed by atoms with Gasteiger partial charge in [0.25, 0.3) is 0 Å². The minimum atomic E-state index is 0.309. The van der Waals surface area contributed by atoms with Crippen molar-refractivity contribution in [3.05, 3.63) is 137 Å². The minimum absolute atomic E-state index is 0.309. The van der Waals surface area contributed by atoms with Crippen LogP contribution in [-0.2, 0) is 12.8 Å². The van der Waals surface area contributed by atoms with Gasteiger partial charge in [-0.15, -0.1) is 0 Å². The zero-order chi connectivity index (χ0) is 23.4. The Labute approximate surface area is 208 Å². The predicted octanol–water partition coefficient (Wildman–Crippen LogP) is 8.47. The molecule has 3 aliphatic rings. The number of para-hydroxylation sites is 1. The van der Waals surface area contributed by atoms with Crippen LogP contribution < -0.4 is 4.90 Å². The molecule has 0 fully saturated rings. The molecular weight excluding hydrogens is 422 g/mol. The van der Waals surface area contributed by atoms with Gasteiger partial charge in [-0.05, 0) is 81.6 Å². The summed E-state index contributed by atoms with van der Waals surface area (Å²) < 4.78 is 0. The van der Waals surface area contributed by atoms with Crippen molar-refractivity contribution in [1.29, 1.82) is 0 Å². The van der Waals surface area contributed by atoms with Crippen molar-refractivity contribution in [2.24, 2.45) is 0 Å². The van der Waals surface area contributed by atoms with Crippen LogP contribution >= 0.6 is 0 Å². The lowest BCUT2D eigenvalue weighted by atomic mass is 9.85. The molecule has 0 bridgehead atoms. The number of nitrogens with zero attached hydrogens (tertiary/aromatic N) is 1. The second kappa shape index (κ2) is 8.13. The maximum atomic E-state index is 2.53. The number of fused-ring (bicyclic) bond motifs is 6. The summed E-state index contributed by atoms with van der Waals surface area (Å²) in [5, 5.41) is 0. The number of benzene rings is 4. The van der Waals surface area contributed by atoms with Crippen molar-refractivity contribution in [3.8, 4) is 11.1 Å². The van der Waals surface area contributed by atoms with E-state index < -0.39 is 0 Å². The Kier molecular flexibility index (Phi) is 4.77. The fourth-order valence-corrected chi connectivity index (χ4v) is 6.26. The summed E-state index contributed by atoms with van der Waals surface area (Å²) >= 11 is 0. The lowest BCUT2D eigenvalue weighted by Crippen LogP contribution is -2.28. The predicted molar refractivity (Wildman–Crippen MR) is 147 cm³/mol. The molecule has 1 aliphatic heterocycles. The lowest BCUT2D eigenvalue weighted by Gasteiger charge is -2.30. The first-order chi connectivity index (χ1) is 17.3. The van der Waals surface area contributed by atoms with E-state index in [0.29, 0.717) is 12.0 Å². The summed E-state index contributed by atoms with van der Waals surface area (Å²) in [6.07, 6.45) is 10.6. The number of allylic oxidation sites excluding steroid dienone is 2. The molecule has 0 spiro atoms. The molecule has 1 nitrogen and oxygen atoms in total. The number of anilines is 2. The zero-order valence-corrected chi connectivity index (χ0v) is 20.1. The molecule has 0 amide bonds. The molecule has 4 aromatic rings. The summed E-state index contributed by atoms with van der Waals surface area (Å²) in [5.41, 5.74) is 13.8. The molecule has 0 aromatic heterocycles. The van der Waals surface area contributed by atoms with Gasteiger partial charge in [0.15, 0.2) is 0 Å². The molecule has 2 atom stereocenters. The maximum absolute atomic E-state index is 2.53. The van der Waals surface area contributed by atoms with Crippen molar-refractivity contribution >= 4 is 16.9 Å². The standard InChI is InChI=1S/C34H29N/c1-2-7-23-12-17-28(18-13-23)35-33-11-6-5-10-30(33)32-22-25(16-19-34(32)35)24-14-15-27-20-26-8-3-4-9-29(26)31(27)21-24/h3-6,8-19,21-22,32,34H,2,7,20H2,1H3. The van der Waals surface area contributed by atoms with E-state index in [-0.39, 0.29) is 0 Å². The van der Waals surface area contributed by atoms with Crippen LogP contribution in [0.5, 0.6) is 0 Å². The number of aryl methyl sites for hydroxylation is 1. The van der Waals surface area contributed by atoms with E-state index in [0.717, 1.165) is 12.8 Å². The van der Waals surface area contributed by atoms with Crippen molar-refractivity contribution in [1.82, 2.24) is 0 Å². The monoisotopic (exact) mass is 451 g/mol. The molecule has 2 unspecified atom stereocenters. The highest BCUT2D eigenvalue weighted by atomic mass is 15.2. The Balaban J connectivity index is 1.27. The highest BCUT2D eigenvalue weighted by Crippen LogP contribution is 2.49. The third kappa shape index (κ3) is 3.30. The molecular formula is C34H29N. The van der Waals surface area contributed by atoms with Crippen LogP contribution in [0, 0.1) is 0 Å². The van der Waals surface area contributed by atoms with E-state index in [4.69, 9.17) is 0 Å². The van der Waals surface area contributed by atoms with Gasteiger partial charge in [-0.2, -0.15) is 0 Å². The highest BCUT2D eigenvalue weighted by molar-refractivity contribution is 5.86. The lowest BCUT2D eigenvalue weighted by molar-refractivity contribution is 0.747. The quantitative estimate of drug-likeness (QED) is 0.265. The van der Waals surface area contributed by atoms with E-state index in [2.05, 4.69) is 121 Å². The first-order valence-electron chi connectivity index (χ1n) is 12.9. The summed E-state index contributed by atoms with van der Waals surface area (Å²) in [4.78, 5) is 2.53. The molecule has 1 heteroatoms. The fraction of sp³-hybridized carbons (Fsp3) is 0.176. The fourth-order valence-electron chi connectivity index (χ4n) is 6.26. The average Bonchev–Trinajstić information content (AvgIpc) is 3.44. The van der Waals surface area contributed by atoms with Crippen LogP contribution in [0.15, 0.2) is 109 Å². The van der Waals surface area contributed by atoms with Gasteiger partial charge in [0.2, 0.25) is 0 Å². The largest absolute Gasteiger partial charge is 0.333 e. The Morgan fingerprint density at radius 3 is 2.49 bits per heavy atom. The summed E-state index contributed by atoms with van der Waals surface area (Å²) in [5.74, 6) is 0.349. The van der Waals surface area contributed by atoms with Crippen LogP contribution in [0.4, 0.5) is 11.4 Å². The van der Waals surface area contributed by atoms with Gasteiger partial charge in [0, 0.05) is 17.3 Å². The number of hydrogen-bond donors (Lipinski definition) is 0. The van der Waals surface area contributed by atoms with Crippen LogP contribution in [0.25, 0.3) is 16.7 Å². The van der Waals surface area contributed by atoms with Crippen molar-refractivity contribution in [3.63, 3.8) is 0 Å².